The van der Waals surface area contributed by atoms with Crippen LogP contribution in [0.2, 0.25) is 5.02 Å². The third kappa shape index (κ3) is 2.96. The van der Waals surface area contributed by atoms with Gasteiger partial charge in [-0.1, -0.05) is 41.9 Å². The van der Waals surface area contributed by atoms with Crippen molar-refractivity contribution in [1.29, 1.82) is 5.26 Å². The molecule has 0 aliphatic heterocycles. The average molecular weight is 294 g/mol. The molecule has 3 rings (SSSR count). The van der Waals surface area contributed by atoms with Crippen LogP contribution < -0.4 is 5.32 Å². The van der Waals surface area contributed by atoms with Crippen molar-refractivity contribution in [3.05, 3.63) is 70.7 Å². The van der Waals surface area contributed by atoms with Gasteiger partial charge in [0.2, 0.25) is 0 Å². The molecular formula is C17H12ClN3. The fourth-order valence-corrected chi connectivity index (χ4v) is 2.25. The van der Waals surface area contributed by atoms with Gasteiger partial charge < -0.3 is 5.32 Å². The zero-order chi connectivity index (χ0) is 14.7. The lowest BCUT2D eigenvalue weighted by Crippen LogP contribution is -2.03. The fraction of sp³-hybridized carbons (Fsp3) is 0.0588. The first-order valence-corrected chi connectivity index (χ1v) is 6.92. The number of hydrogen-bond acceptors (Lipinski definition) is 3. The van der Waals surface area contributed by atoms with Crippen molar-refractivity contribution < 1.29 is 0 Å². The molecule has 0 fully saturated rings. The second-order valence-electron chi connectivity index (χ2n) is 4.67. The molecule has 4 heteroatoms. The van der Waals surface area contributed by atoms with Crippen LogP contribution in [0.1, 0.15) is 11.1 Å². The summed E-state index contributed by atoms with van der Waals surface area (Å²) in [7, 11) is 0. The van der Waals surface area contributed by atoms with Gasteiger partial charge in [0.25, 0.3) is 0 Å². The molecule has 1 N–H and O–H groups in total. The third-order valence-corrected chi connectivity index (χ3v) is 3.47. The first-order valence-electron chi connectivity index (χ1n) is 6.54. The van der Waals surface area contributed by atoms with E-state index in [-0.39, 0.29) is 0 Å². The van der Waals surface area contributed by atoms with Crippen LogP contribution in [0.15, 0.2) is 54.6 Å². The molecule has 0 saturated heterocycles. The molecule has 1 heterocycles. The van der Waals surface area contributed by atoms with Crippen molar-refractivity contribution in [2.24, 2.45) is 0 Å². The van der Waals surface area contributed by atoms with Gasteiger partial charge in [-0.3, -0.25) is 0 Å². The number of aromatic nitrogens is 1. The minimum atomic E-state index is 0.544. The van der Waals surface area contributed by atoms with Crippen LogP contribution >= 0.6 is 11.6 Å². The number of halogens is 1. The van der Waals surface area contributed by atoms with Crippen molar-refractivity contribution in [2.45, 2.75) is 6.54 Å². The van der Waals surface area contributed by atoms with Gasteiger partial charge in [-0.05, 0) is 29.8 Å². The predicted octanol–water partition coefficient (Wildman–Crippen LogP) is 4.37. The molecule has 0 bridgehead atoms. The van der Waals surface area contributed by atoms with Gasteiger partial charge in [-0.25, -0.2) is 4.98 Å². The Kier molecular flexibility index (Phi) is 3.72. The van der Waals surface area contributed by atoms with E-state index in [0.29, 0.717) is 22.9 Å². The van der Waals surface area contributed by atoms with Crippen LogP contribution in [0.4, 0.5) is 5.82 Å². The number of hydrogen-bond donors (Lipinski definition) is 1. The van der Waals surface area contributed by atoms with E-state index in [4.69, 9.17) is 11.6 Å². The molecule has 3 nitrogen and oxygen atoms in total. The van der Waals surface area contributed by atoms with E-state index in [2.05, 4.69) is 16.4 Å². The smallest absolute Gasteiger partial charge is 0.144 e. The number of pyridine rings is 1. The molecule has 0 atom stereocenters. The summed E-state index contributed by atoms with van der Waals surface area (Å²) < 4.78 is 0. The first kappa shape index (κ1) is 13.4. The molecule has 0 aliphatic carbocycles. The number of nitrogens with zero attached hydrogens (tertiary/aromatic N) is 2. The molecule has 0 saturated carbocycles. The molecule has 2 aromatic carbocycles. The summed E-state index contributed by atoms with van der Waals surface area (Å²) in [6.45, 7) is 0.594. The van der Waals surface area contributed by atoms with E-state index in [9.17, 15) is 5.26 Å². The minimum Gasteiger partial charge on any atom is -0.365 e. The van der Waals surface area contributed by atoms with Gasteiger partial charge in [-0.2, -0.15) is 5.26 Å². The highest BCUT2D eigenvalue weighted by Gasteiger charge is 2.06. The predicted molar refractivity (Wildman–Crippen MR) is 85.2 cm³/mol. The first-order chi connectivity index (χ1) is 10.3. The van der Waals surface area contributed by atoms with Gasteiger partial charge in [-0.15, -0.1) is 0 Å². The summed E-state index contributed by atoms with van der Waals surface area (Å²) in [5.74, 6) is 0.603. The molecule has 0 unspecified atom stereocenters. The molecule has 0 spiro atoms. The Morgan fingerprint density at radius 1 is 1.10 bits per heavy atom. The van der Waals surface area contributed by atoms with Crippen molar-refractivity contribution in [2.75, 3.05) is 5.32 Å². The average Bonchev–Trinajstić information content (AvgIpc) is 2.53. The molecule has 3 aromatic rings. The quantitative estimate of drug-likeness (QED) is 0.780. The third-order valence-electron chi connectivity index (χ3n) is 3.22. The van der Waals surface area contributed by atoms with Crippen LogP contribution in [0, 0.1) is 11.3 Å². The Labute approximate surface area is 127 Å². The highest BCUT2D eigenvalue weighted by molar-refractivity contribution is 6.30. The minimum absolute atomic E-state index is 0.544. The number of benzene rings is 2. The van der Waals surface area contributed by atoms with Crippen molar-refractivity contribution in [3.63, 3.8) is 0 Å². The van der Waals surface area contributed by atoms with Crippen LogP contribution in [-0.2, 0) is 6.54 Å². The lowest BCUT2D eigenvalue weighted by molar-refractivity contribution is 1.12. The summed E-state index contributed by atoms with van der Waals surface area (Å²) in [5, 5.41) is 14.2. The van der Waals surface area contributed by atoms with E-state index in [0.717, 1.165) is 16.5 Å². The van der Waals surface area contributed by atoms with Gasteiger partial charge >= 0.3 is 0 Å². The van der Waals surface area contributed by atoms with Gasteiger partial charge in [0.15, 0.2) is 0 Å². The standard InChI is InChI=1S/C17H12ClN3/c18-15-7-5-12(6-8-15)11-20-17-14(10-19)9-13-3-1-2-4-16(13)21-17/h1-9H,11H2,(H,20,21). The van der Waals surface area contributed by atoms with E-state index < -0.39 is 0 Å². The van der Waals surface area contributed by atoms with Crippen molar-refractivity contribution >= 4 is 28.3 Å². The number of para-hydroxylation sites is 1. The lowest BCUT2D eigenvalue weighted by atomic mass is 10.1. The van der Waals surface area contributed by atoms with Crippen LogP contribution in [0.3, 0.4) is 0 Å². The highest BCUT2D eigenvalue weighted by Crippen LogP contribution is 2.20. The zero-order valence-electron chi connectivity index (χ0n) is 11.2. The number of nitrogens with one attached hydrogen (secondary N) is 1. The van der Waals surface area contributed by atoms with Gasteiger partial charge in [0.1, 0.15) is 11.9 Å². The summed E-state index contributed by atoms with van der Waals surface area (Å²) in [6, 6.07) is 19.4. The van der Waals surface area contributed by atoms with Crippen LogP contribution in [0.5, 0.6) is 0 Å². The SMILES string of the molecule is N#Cc1cc2ccccc2nc1NCc1ccc(Cl)cc1. The maximum atomic E-state index is 9.26. The zero-order valence-corrected chi connectivity index (χ0v) is 11.9. The van der Waals surface area contributed by atoms with Crippen LogP contribution in [-0.4, -0.2) is 4.98 Å². The van der Waals surface area contributed by atoms with Crippen molar-refractivity contribution in [3.8, 4) is 6.07 Å². The number of rotatable bonds is 3. The van der Waals surface area contributed by atoms with Gasteiger partial charge in [0, 0.05) is 17.0 Å². The molecular weight excluding hydrogens is 282 g/mol. The molecule has 102 valence electrons. The van der Waals surface area contributed by atoms with Crippen molar-refractivity contribution in [1.82, 2.24) is 4.98 Å². The second kappa shape index (κ2) is 5.82. The monoisotopic (exact) mass is 293 g/mol. The van der Waals surface area contributed by atoms with Gasteiger partial charge in [0.05, 0.1) is 11.1 Å². The molecule has 1 aromatic heterocycles. The summed E-state index contributed by atoms with van der Waals surface area (Å²) in [5.41, 5.74) is 2.50. The van der Waals surface area contributed by atoms with E-state index in [1.165, 1.54) is 0 Å². The molecule has 0 radical (unpaired) electrons. The summed E-state index contributed by atoms with van der Waals surface area (Å²) >= 11 is 5.87. The van der Waals surface area contributed by atoms with Crippen LogP contribution in [0.25, 0.3) is 10.9 Å². The van der Waals surface area contributed by atoms with E-state index >= 15 is 0 Å². The van der Waals surface area contributed by atoms with E-state index in [1.807, 2.05) is 54.6 Å². The molecule has 0 amide bonds. The normalized spacial score (nSPS) is 10.3. The Balaban J connectivity index is 1.89. The Morgan fingerprint density at radius 2 is 1.86 bits per heavy atom. The Morgan fingerprint density at radius 3 is 2.62 bits per heavy atom. The second-order valence-corrected chi connectivity index (χ2v) is 5.11. The number of nitriles is 1. The lowest BCUT2D eigenvalue weighted by Gasteiger charge is -2.09. The topological polar surface area (TPSA) is 48.7 Å². The highest BCUT2D eigenvalue weighted by atomic mass is 35.5. The Hall–Kier alpha value is -2.57. The largest absolute Gasteiger partial charge is 0.365 e. The van der Waals surface area contributed by atoms with E-state index in [1.54, 1.807) is 0 Å². The molecule has 0 aliphatic rings. The number of anilines is 1. The molecule has 21 heavy (non-hydrogen) atoms. The summed E-state index contributed by atoms with van der Waals surface area (Å²) in [6.07, 6.45) is 0. The maximum Gasteiger partial charge on any atom is 0.144 e. The Bertz CT molecular complexity index is 820. The fourth-order valence-electron chi connectivity index (χ4n) is 2.12. The maximum absolute atomic E-state index is 9.26. The summed E-state index contributed by atoms with van der Waals surface area (Å²) in [4.78, 5) is 4.52. The number of fused-ring (bicyclic) bond motifs is 1.